The molecule has 0 aromatic heterocycles. The van der Waals surface area contributed by atoms with Gasteiger partial charge in [0.05, 0.1) is 11.3 Å². The van der Waals surface area contributed by atoms with Gasteiger partial charge in [0.25, 0.3) is 0 Å². The van der Waals surface area contributed by atoms with Crippen LogP contribution in [0.1, 0.15) is 17.3 Å². The number of urea groups is 1. The van der Waals surface area contributed by atoms with Gasteiger partial charge in [0.2, 0.25) is 0 Å². The Balaban J connectivity index is 2.17. The number of halogens is 1. The lowest BCUT2D eigenvalue weighted by Crippen LogP contribution is -2.46. The van der Waals surface area contributed by atoms with E-state index >= 15 is 0 Å². The molecule has 20 heavy (non-hydrogen) atoms. The number of amides is 2. The molecule has 0 bridgehead atoms. The molecule has 0 aliphatic carbocycles. The number of hydrogen-bond donors (Lipinski definition) is 2. The largest absolute Gasteiger partial charge is 0.478 e. The Kier molecular flexibility index (Phi) is 4.49. The fourth-order valence-electron chi connectivity index (χ4n) is 2.02. The van der Waals surface area contributed by atoms with Crippen molar-refractivity contribution < 1.29 is 19.1 Å². The van der Waals surface area contributed by atoms with Crippen LogP contribution in [-0.4, -0.2) is 46.1 Å². The second kappa shape index (κ2) is 6.13. The van der Waals surface area contributed by atoms with Crippen LogP contribution >= 0.6 is 11.8 Å². The summed E-state index contributed by atoms with van der Waals surface area (Å²) in [5, 5.41) is 11.6. The average molecular weight is 298 g/mol. The minimum atomic E-state index is -1.28. The number of carbonyl (C=O) groups excluding carboxylic acids is 1. The van der Waals surface area contributed by atoms with Crippen molar-refractivity contribution in [1.29, 1.82) is 0 Å². The lowest BCUT2D eigenvalue weighted by atomic mass is 10.1. The number of aromatic carboxylic acids is 1. The number of carboxylic acid groups (broad SMARTS) is 1. The van der Waals surface area contributed by atoms with Crippen LogP contribution < -0.4 is 5.32 Å². The van der Waals surface area contributed by atoms with E-state index in [1.54, 1.807) is 16.7 Å². The Morgan fingerprint density at radius 1 is 1.50 bits per heavy atom. The van der Waals surface area contributed by atoms with E-state index < -0.39 is 11.8 Å². The van der Waals surface area contributed by atoms with Gasteiger partial charge in [-0.1, -0.05) is 0 Å². The van der Waals surface area contributed by atoms with Gasteiger partial charge in [-0.25, -0.2) is 14.0 Å². The van der Waals surface area contributed by atoms with E-state index in [4.69, 9.17) is 5.11 Å². The van der Waals surface area contributed by atoms with Crippen molar-refractivity contribution in [3.05, 3.63) is 29.6 Å². The zero-order valence-electron chi connectivity index (χ0n) is 10.9. The van der Waals surface area contributed by atoms with Gasteiger partial charge in [0.1, 0.15) is 5.82 Å². The van der Waals surface area contributed by atoms with Crippen LogP contribution in [0.2, 0.25) is 0 Å². The molecule has 1 fully saturated rings. The maximum atomic E-state index is 13.1. The first-order valence-electron chi connectivity index (χ1n) is 6.17. The van der Waals surface area contributed by atoms with Crippen molar-refractivity contribution in [3.63, 3.8) is 0 Å². The van der Waals surface area contributed by atoms with Crippen molar-refractivity contribution >= 4 is 29.4 Å². The number of rotatable bonds is 2. The van der Waals surface area contributed by atoms with Crippen LogP contribution in [-0.2, 0) is 0 Å². The third kappa shape index (κ3) is 3.22. The standard InChI is InChI=1S/C13H15FN2O3S/c1-8-7-20-5-4-16(8)13(19)15-11-3-2-9(14)6-10(11)12(17)18/h2-3,6,8H,4-5,7H2,1H3,(H,15,19)(H,17,18). The number of benzene rings is 1. The number of nitrogens with one attached hydrogen (secondary N) is 1. The first kappa shape index (κ1) is 14.6. The van der Waals surface area contributed by atoms with Crippen molar-refractivity contribution in [2.75, 3.05) is 23.4 Å². The summed E-state index contributed by atoms with van der Waals surface area (Å²) in [4.78, 5) is 24.9. The summed E-state index contributed by atoms with van der Waals surface area (Å²) in [6, 6.07) is 3.01. The molecule has 5 nitrogen and oxygen atoms in total. The van der Waals surface area contributed by atoms with E-state index in [0.717, 1.165) is 23.6 Å². The normalized spacial score (nSPS) is 18.7. The summed E-state index contributed by atoms with van der Waals surface area (Å²) in [5.74, 6) is -0.222. The molecule has 1 aliphatic heterocycles. The molecule has 1 aliphatic rings. The maximum Gasteiger partial charge on any atom is 0.337 e. The average Bonchev–Trinajstić information content (AvgIpc) is 2.41. The summed E-state index contributed by atoms with van der Waals surface area (Å²) < 4.78 is 13.1. The van der Waals surface area contributed by atoms with Gasteiger partial charge in [-0.2, -0.15) is 11.8 Å². The molecule has 1 unspecified atom stereocenters. The van der Waals surface area contributed by atoms with E-state index in [0.29, 0.717) is 6.54 Å². The van der Waals surface area contributed by atoms with Crippen molar-refractivity contribution in [2.45, 2.75) is 13.0 Å². The van der Waals surface area contributed by atoms with Gasteiger partial charge < -0.3 is 15.3 Å². The zero-order chi connectivity index (χ0) is 14.7. The van der Waals surface area contributed by atoms with Crippen LogP contribution in [0.5, 0.6) is 0 Å². The number of carboxylic acids is 1. The van der Waals surface area contributed by atoms with Crippen LogP contribution in [0, 0.1) is 5.82 Å². The summed E-state index contributed by atoms with van der Waals surface area (Å²) in [7, 11) is 0. The fraction of sp³-hybridized carbons (Fsp3) is 0.385. The molecule has 0 spiro atoms. The highest BCUT2D eigenvalue weighted by Gasteiger charge is 2.24. The molecular formula is C13H15FN2O3S. The highest BCUT2D eigenvalue weighted by molar-refractivity contribution is 7.99. The predicted octanol–water partition coefficient (Wildman–Crippen LogP) is 2.49. The van der Waals surface area contributed by atoms with E-state index in [-0.39, 0.29) is 23.3 Å². The Hall–Kier alpha value is -1.76. The molecule has 1 aromatic rings. The quantitative estimate of drug-likeness (QED) is 0.880. The van der Waals surface area contributed by atoms with E-state index in [2.05, 4.69) is 5.32 Å². The smallest absolute Gasteiger partial charge is 0.337 e. The van der Waals surface area contributed by atoms with Gasteiger partial charge in [-0.15, -0.1) is 0 Å². The number of hydrogen-bond acceptors (Lipinski definition) is 3. The monoisotopic (exact) mass is 298 g/mol. The van der Waals surface area contributed by atoms with Gasteiger partial charge >= 0.3 is 12.0 Å². The number of thioether (sulfide) groups is 1. The molecular weight excluding hydrogens is 283 g/mol. The molecule has 1 atom stereocenters. The minimum absolute atomic E-state index is 0.0856. The Labute approximate surface area is 120 Å². The SMILES string of the molecule is CC1CSCCN1C(=O)Nc1ccc(F)cc1C(=O)O. The van der Waals surface area contributed by atoms with Crippen LogP contribution in [0.25, 0.3) is 0 Å². The topological polar surface area (TPSA) is 69.6 Å². The van der Waals surface area contributed by atoms with Crippen LogP contribution in [0.3, 0.4) is 0 Å². The second-order valence-corrected chi connectivity index (χ2v) is 5.69. The molecule has 7 heteroatoms. The van der Waals surface area contributed by atoms with E-state index in [1.165, 1.54) is 6.07 Å². The molecule has 108 valence electrons. The molecule has 2 rings (SSSR count). The maximum absolute atomic E-state index is 13.1. The van der Waals surface area contributed by atoms with Crippen molar-refractivity contribution in [2.24, 2.45) is 0 Å². The van der Waals surface area contributed by atoms with Crippen molar-refractivity contribution in [3.8, 4) is 0 Å². The first-order valence-corrected chi connectivity index (χ1v) is 7.32. The predicted molar refractivity (Wildman–Crippen MR) is 75.9 cm³/mol. The highest BCUT2D eigenvalue weighted by atomic mass is 32.2. The molecule has 1 heterocycles. The van der Waals surface area contributed by atoms with Crippen LogP contribution in [0.15, 0.2) is 18.2 Å². The molecule has 0 radical (unpaired) electrons. The third-order valence-electron chi connectivity index (χ3n) is 3.08. The van der Waals surface area contributed by atoms with Crippen LogP contribution in [0.4, 0.5) is 14.9 Å². The van der Waals surface area contributed by atoms with Gasteiger partial charge in [0, 0.05) is 24.1 Å². The number of anilines is 1. The summed E-state index contributed by atoms with van der Waals surface area (Å²) in [5.41, 5.74) is -0.147. The first-order chi connectivity index (χ1) is 9.49. The number of carbonyl (C=O) groups is 2. The molecule has 2 N–H and O–H groups in total. The molecule has 1 saturated heterocycles. The fourth-order valence-corrected chi connectivity index (χ4v) is 3.03. The summed E-state index contributed by atoms with van der Waals surface area (Å²) >= 11 is 1.78. The zero-order valence-corrected chi connectivity index (χ0v) is 11.7. The minimum Gasteiger partial charge on any atom is -0.478 e. The van der Waals surface area contributed by atoms with Gasteiger partial charge in [-0.05, 0) is 25.1 Å². The van der Waals surface area contributed by atoms with E-state index in [1.807, 2.05) is 6.92 Å². The number of nitrogens with zero attached hydrogens (tertiary/aromatic N) is 1. The second-order valence-electron chi connectivity index (χ2n) is 4.54. The Bertz CT molecular complexity index is 538. The van der Waals surface area contributed by atoms with Gasteiger partial charge in [-0.3, -0.25) is 0 Å². The molecule has 2 amide bonds. The lowest BCUT2D eigenvalue weighted by Gasteiger charge is -2.33. The Morgan fingerprint density at radius 2 is 2.25 bits per heavy atom. The molecule has 0 saturated carbocycles. The highest BCUT2D eigenvalue weighted by Crippen LogP contribution is 2.20. The molecule has 1 aromatic carbocycles. The van der Waals surface area contributed by atoms with Gasteiger partial charge in [0.15, 0.2) is 0 Å². The van der Waals surface area contributed by atoms with Crippen molar-refractivity contribution in [1.82, 2.24) is 4.90 Å². The lowest BCUT2D eigenvalue weighted by molar-refractivity contribution is 0.0697. The Morgan fingerprint density at radius 3 is 2.90 bits per heavy atom. The third-order valence-corrected chi connectivity index (χ3v) is 4.27. The van der Waals surface area contributed by atoms with E-state index in [9.17, 15) is 14.0 Å². The summed E-state index contributed by atoms with van der Waals surface area (Å²) in [6.07, 6.45) is 0. The summed E-state index contributed by atoms with van der Waals surface area (Å²) in [6.45, 7) is 2.55.